The molecule has 5 heteroatoms. The highest BCUT2D eigenvalue weighted by atomic mass is 16.6. The van der Waals surface area contributed by atoms with Crippen LogP contribution in [0.5, 0.6) is 0 Å². The number of fused-ring (bicyclic) bond motifs is 1. The van der Waals surface area contributed by atoms with E-state index in [-0.39, 0.29) is 30.2 Å². The number of hydrogen-bond acceptors (Lipinski definition) is 4. The Labute approximate surface area is 107 Å². The minimum Gasteiger partial charge on any atom is -0.462 e. The van der Waals surface area contributed by atoms with Crippen molar-refractivity contribution in [2.75, 3.05) is 14.1 Å². The molecule has 2 rings (SSSR count). The van der Waals surface area contributed by atoms with Gasteiger partial charge in [-0.3, -0.25) is 4.79 Å². The van der Waals surface area contributed by atoms with Gasteiger partial charge < -0.3 is 14.4 Å². The molecule has 1 saturated heterocycles. The average molecular weight is 253 g/mol. The topological polar surface area (TPSA) is 55.8 Å². The first kappa shape index (κ1) is 12.9. The van der Waals surface area contributed by atoms with Crippen LogP contribution in [-0.4, -0.2) is 43.3 Å². The van der Waals surface area contributed by atoms with E-state index in [2.05, 4.69) is 0 Å². The Morgan fingerprint density at radius 3 is 2.94 bits per heavy atom. The number of ether oxygens (including phenoxy) is 2. The van der Waals surface area contributed by atoms with Gasteiger partial charge in [-0.2, -0.15) is 0 Å². The Kier molecular flexibility index (Phi) is 3.89. The van der Waals surface area contributed by atoms with Crippen molar-refractivity contribution >= 4 is 12.1 Å². The molecule has 3 atom stereocenters. The number of rotatable bonds is 1. The van der Waals surface area contributed by atoms with Crippen LogP contribution in [-0.2, 0) is 14.3 Å². The molecule has 0 saturated carbocycles. The van der Waals surface area contributed by atoms with Crippen molar-refractivity contribution in [2.24, 2.45) is 5.92 Å². The van der Waals surface area contributed by atoms with E-state index in [1.807, 2.05) is 12.2 Å². The molecule has 0 bridgehead atoms. The lowest BCUT2D eigenvalue weighted by atomic mass is 9.90. The lowest BCUT2D eigenvalue weighted by Gasteiger charge is -2.23. The Morgan fingerprint density at radius 1 is 1.44 bits per heavy atom. The minimum atomic E-state index is -0.333. The third-order valence-electron chi connectivity index (χ3n) is 3.40. The fraction of sp³-hybridized carbons (Fsp3) is 0.692. The molecule has 0 spiro atoms. The summed E-state index contributed by atoms with van der Waals surface area (Å²) in [6, 6.07) is 0. The second-order valence-corrected chi connectivity index (χ2v) is 5.05. The molecule has 0 aromatic carbocycles. The van der Waals surface area contributed by atoms with E-state index in [1.54, 1.807) is 14.1 Å². The van der Waals surface area contributed by atoms with Crippen LogP contribution in [0.3, 0.4) is 0 Å². The highest BCUT2D eigenvalue weighted by molar-refractivity contribution is 5.72. The van der Waals surface area contributed by atoms with Gasteiger partial charge in [0.25, 0.3) is 0 Å². The zero-order chi connectivity index (χ0) is 13.1. The highest BCUT2D eigenvalue weighted by Crippen LogP contribution is 2.31. The van der Waals surface area contributed by atoms with Gasteiger partial charge in [-0.05, 0) is 18.9 Å². The predicted molar refractivity (Wildman–Crippen MR) is 64.9 cm³/mol. The summed E-state index contributed by atoms with van der Waals surface area (Å²) in [7, 11) is 3.32. The van der Waals surface area contributed by atoms with Crippen molar-refractivity contribution in [2.45, 2.75) is 37.9 Å². The van der Waals surface area contributed by atoms with E-state index in [1.165, 1.54) is 4.90 Å². The van der Waals surface area contributed by atoms with Crippen LogP contribution in [0.2, 0.25) is 0 Å². The SMILES string of the molecule is CN(C)C(=O)O[C@@H]1/C=C/CC2OC(=O)C[C@@H]2CC1. The van der Waals surface area contributed by atoms with Crippen molar-refractivity contribution in [3.8, 4) is 0 Å². The maximum atomic E-state index is 11.5. The van der Waals surface area contributed by atoms with Crippen molar-refractivity contribution in [1.82, 2.24) is 4.90 Å². The van der Waals surface area contributed by atoms with Crippen LogP contribution in [0.25, 0.3) is 0 Å². The lowest BCUT2D eigenvalue weighted by Crippen LogP contribution is -2.28. The van der Waals surface area contributed by atoms with Crippen molar-refractivity contribution < 1.29 is 19.1 Å². The molecule has 100 valence electrons. The quantitative estimate of drug-likeness (QED) is 0.527. The fourth-order valence-corrected chi connectivity index (χ4v) is 2.36. The van der Waals surface area contributed by atoms with Gasteiger partial charge >= 0.3 is 12.1 Å². The first-order chi connectivity index (χ1) is 8.56. The van der Waals surface area contributed by atoms with Crippen LogP contribution >= 0.6 is 0 Å². The minimum absolute atomic E-state index is 0.0132. The summed E-state index contributed by atoms with van der Waals surface area (Å²) in [5.41, 5.74) is 0. The van der Waals surface area contributed by atoms with Gasteiger partial charge in [-0.15, -0.1) is 0 Å². The number of hydrogen-bond donors (Lipinski definition) is 0. The predicted octanol–water partition coefficient (Wildman–Crippen LogP) is 1.72. The van der Waals surface area contributed by atoms with E-state index < -0.39 is 0 Å². The summed E-state index contributed by atoms with van der Waals surface area (Å²) >= 11 is 0. The summed E-state index contributed by atoms with van der Waals surface area (Å²) < 4.78 is 10.6. The lowest BCUT2D eigenvalue weighted by molar-refractivity contribution is -0.141. The highest BCUT2D eigenvalue weighted by Gasteiger charge is 2.35. The van der Waals surface area contributed by atoms with Gasteiger partial charge in [-0.25, -0.2) is 4.79 Å². The third-order valence-corrected chi connectivity index (χ3v) is 3.40. The molecule has 1 heterocycles. The Morgan fingerprint density at radius 2 is 2.22 bits per heavy atom. The van der Waals surface area contributed by atoms with Gasteiger partial charge in [-0.1, -0.05) is 6.08 Å². The summed E-state index contributed by atoms with van der Waals surface area (Å²) in [5.74, 6) is 0.158. The molecule has 0 radical (unpaired) electrons. The molecule has 5 nitrogen and oxygen atoms in total. The summed E-state index contributed by atoms with van der Waals surface area (Å²) in [6.07, 6.45) is 6.13. The average Bonchev–Trinajstić information content (AvgIpc) is 2.62. The molecule has 0 aromatic rings. The van der Waals surface area contributed by atoms with Gasteiger partial charge in [0, 0.05) is 26.4 Å². The summed E-state index contributed by atoms with van der Waals surface area (Å²) in [4.78, 5) is 24.1. The standard InChI is InChI=1S/C13H19NO4/c1-14(2)13(16)17-10-4-3-5-11-9(6-7-10)8-12(15)18-11/h3-4,9-11H,5-8H2,1-2H3/b4-3+/t9-,10+,11?/m0/s1. The molecule has 0 aromatic heterocycles. The summed E-state index contributed by atoms with van der Waals surface area (Å²) in [6.45, 7) is 0. The second kappa shape index (κ2) is 5.42. The largest absolute Gasteiger partial charge is 0.462 e. The zero-order valence-electron chi connectivity index (χ0n) is 10.8. The van der Waals surface area contributed by atoms with E-state index in [0.717, 1.165) is 12.8 Å². The third kappa shape index (κ3) is 3.03. The second-order valence-electron chi connectivity index (χ2n) is 5.05. The Hall–Kier alpha value is -1.52. The van der Waals surface area contributed by atoms with E-state index in [0.29, 0.717) is 12.8 Å². The number of carbonyl (C=O) groups is 2. The number of nitrogens with zero attached hydrogens (tertiary/aromatic N) is 1. The van der Waals surface area contributed by atoms with Crippen molar-refractivity contribution in [3.63, 3.8) is 0 Å². The van der Waals surface area contributed by atoms with Crippen LogP contribution in [0.4, 0.5) is 4.79 Å². The maximum Gasteiger partial charge on any atom is 0.409 e. The Bertz CT molecular complexity index is 364. The van der Waals surface area contributed by atoms with Gasteiger partial charge in [0.05, 0.1) is 6.42 Å². The molecule has 1 unspecified atom stereocenters. The van der Waals surface area contributed by atoms with Gasteiger partial charge in [0.2, 0.25) is 0 Å². The molecular formula is C13H19NO4. The molecule has 18 heavy (non-hydrogen) atoms. The zero-order valence-corrected chi connectivity index (χ0v) is 10.8. The first-order valence-corrected chi connectivity index (χ1v) is 6.30. The van der Waals surface area contributed by atoms with Crippen LogP contribution in [0.15, 0.2) is 12.2 Å². The van der Waals surface area contributed by atoms with Gasteiger partial charge in [0.1, 0.15) is 12.2 Å². The Balaban J connectivity index is 1.93. The van der Waals surface area contributed by atoms with Crippen LogP contribution < -0.4 is 0 Å². The molecule has 1 amide bonds. The number of esters is 1. The van der Waals surface area contributed by atoms with Crippen LogP contribution in [0.1, 0.15) is 25.7 Å². The van der Waals surface area contributed by atoms with Crippen molar-refractivity contribution in [3.05, 3.63) is 12.2 Å². The molecule has 1 aliphatic carbocycles. The molecule has 2 aliphatic rings. The smallest absolute Gasteiger partial charge is 0.409 e. The molecule has 1 aliphatic heterocycles. The first-order valence-electron chi connectivity index (χ1n) is 6.30. The maximum absolute atomic E-state index is 11.5. The van der Waals surface area contributed by atoms with E-state index in [9.17, 15) is 9.59 Å². The number of amides is 1. The monoisotopic (exact) mass is 253 g/mol. The van der Waals surface area contributed by atoms with Crippen LogP contribution in [0, 0.1) is 5.92 Å². The van der Waals surface area contributed by atoms with E-state index in [4.69, 9.17) is 9.47 Å². The summed E-state index contributed by atoms with van der Waals surface area (Å²) in [5, 5.41) is 0. The fourth-order valence-electron chi connectivity index (χ4n) is 2.36. The van der Waals surface area contributed by atoms with Gasteiger partial charge in [0.15, 0.2) is 0 Å². The van der Waals surface area contributed by atoms with Crippen molar-refractivity contribution in [1.29, 1.82) is 0 Å². The molecule has 0 N–H and O–H groups in total. The normalized spacial score (nSPS) is 32.8. The molecular weight excluding hydrogens is 234 g/mol. The number of carbonyl (C=O) groups excluding carboxylic acids is 2. The van der Waals surface area contributed by atoms with E-state index >= 15 is 0 Å². The molecule has 1 fully saturated rings.